The predicted octanol–water partition coefficient (Wildman–Crippen LogP) is 1.74. The number of aromatic nitrogens is 4. The van der Waals surface area contributed by atoms with E-state index in [1.165, 1.54) is 0 Å². The van der Waals surface area contributed by atoms with E-state index in [0.717, 1.165) is 17.2 Å². The highest BCUT2D eigenvalue weighted by Gasteiger charge is 1.98. The Kier molecular flexibility index (Phi) is 2.42. The summed E-state index contributed by atoms with van der Waals surface area (Å²) in [7, 11) is 0. The molecule has 0 bridgehead atoms. The molecule has 3 aromatic rings. The van der Waals surface area contributed by atoms with E-state index in [0.29, 0.717) is 6.54 Å². The number of imidazole rings is 1. The number of pyridine rings is 1. The first kappa shape index (κ1) is 9.77. The largest absolute Gasteiger partial charge is 0.363 e. The van der Waals surface area contributed by atoms with Gasteiger partial charge in [0.25, 0.3) is 0 Å². The highest BCUT2D eigenvalue weighted by molar-refractivity contribution is 5.43. The summed E-state index contributed by atoms with van der Waals surface area (Å²) in [6.07, 6.45) is 5.33. The molecule has 3 rings (SSSR count). The highest BCUT2D eigenvalue weighted by atomic mass is 15.3. The third-order valence-electron chi connectivity index (χ3n) is 2.43. The number of anilines is 1. The molecule has 0 atom stereocenters. The van der Waals surface area contributed by atoms with Crippen LogP contribution in [0.3, 0.4) is 0 Å². The molecule has 0 radical (unpaired) electrons. The summed E-state index contributed by atoms with van der Waals surface area (Å²) < 4.78 is 1.74. The second-order valence-corrected chi connectivity index (χ2v) is 3.62. The molecular weight excluding hydrogens is 214 g/mol. The van der Waals surface area contributed by atoms with Crippen LogP contribution in [0, 0.1) is 0 Å². The predicted molar refractivity (Wildman–Crippen MR) is 64.6 cm³/mol. The lowest BCUT2D eigenvalue weighted by molar-refractivity contribution is 0.918. The van der Waals surface area contributed by atoms with E-state index in [4.69, 9.17) is 0 Å². The minimum Gasteiger partial charge on any atom is -0.363 e. The van der Waals surface area contributed by atoms with Gasteiger partial charge in [-0.25, -0.2) is 9.50 Å². The van der Waals surface area contributed by atoms with Crippen LogP contribution < -0.4 is 5.32 Å². The zero-order valence-corrected chi connectivity index (χ0v) is 9.11. The Labute approximate surface area is 98.1 Å². The van der Waals surface area contributed by atoms with Crippen molar-refractivity contribution < 1.29 is 0 Å². The van der Waals surface area contributed by atoms with Crippen molar-refractivity contribution >= 4 is 11.5 Å². The molecule has 1 N–H and O–H groups in total. The molecule has 5 nitrogen and oxygen atoms in total. The average Bonchev–Trinajstić information content (AvgIpc) is 2.85. The molecular formula is C12H11N5. The molecule has 17 heavy (non-hydrogen) atoms. The van der Waals surface area contributed by atoms with Crippen molar-refractivity contribution in [3.05, 3.63) is 54.6 Å². The van der Waals surface area contributed by atoms with E-state index in [1.54, 1.807) is 16.9 Å². The summed E-state index contributed by atoms with van der Waals surface area (Å²) in [4.78, 5) is 8.38. The summed E-state index contributed by atoms with van der Waals surface area (Å²) in [5.74, 6) is 0.807. The van der Waals surface area contributed by atoms with Gasteiger partial charge in [-0.3, -0.25) is 4.98 Å². The molecule has 0 unspecified atom stereocenters. The number of nitrogens with one attached hydrogen (secondary N) is 1. The van der Waals surface area contributed by atoms with E-state index in [2.05, 4.69) is 20.4 Å². The van der Waals surface area contributed by atoms with Crippen LogP contribution in [-0.4, -0.2) is 19.6 Å². The van der Waals surface area contributed by atoms with Crippen LogP contribution in [0.4, 0.5) is 5.82 Å². The SMILES string of the molecule is c1ccc(CNc2ccc3nccn3n2)nc1. The van der Waals surface area contributed by atoms with Gasteiger partial charge in [0.2, 0.25) is 0 Å². The molecule has 0 aliphatic rings. The van der Waals surface area contributed by atoms with Crippen LogP contribution in [0.25, 0.3) is 5.65 Å². The Morgan fingerprint density at radius 3 is 2.94 bits per heavy atom. The highest BCUT2D eigenvalue weighted by Crippen LogP contribution is 2.06. The van der Waals surface area contributed by atoms with Crippen molar-refractivity contribution in [1.82, 2.24) is 19.6 Å². The quantitative estimate of drug-likeness (QED) is 0.737. The molecule has 0 saturated carbocycles. The van der Waals surface area contributed by atoms with E-state index in [-0.39, 0.29) is 0 Å². The lowest BCUT2D eigenvalue weighted by Gasteiger charge is -2.04. The number of fused-ring (bicyclic) bond motifs is 1. The fraction of sp³-hybridized carbons (Fsp3) is 0.0833. The third-order valence-corrected chi connectivity index (χ3v) is 2.43. The first-order chi connectivity index (χ1) is 8.42. The number of hydrogen-bond acceptors (Lipinski definition) is 4. The van der Waals surface area contributed by atoms with E-state index >= 15 is 0 Å². The number of rotatable bonds is 3. The summed E-state index contributed by atoms with van der Waals surface area (Å²) in [5.41, 5.74) is 1.83. The van der Waals surface area contributed by atoms with Gasteiger partial charge in [0.1, 0.15) is 5.82 Å². The average molecular weight is 225 g/mol. The van der Waals surface area contributed by atoms with Crippen LogP contribution in [0.5, 0.6) is 0 Å². The topological polar surface area (TPSA) is 55.1 Å². The van der Waals surface area contributed by atoms with Gasteiger partial charge < -0.3 is 5.32 Å². The summed E-state index contributed by atoms with van der Waals surface area (Å²) >= 11 is 0. The Hall–Kier alpha value is -2.43. The fourth-order valence-electron chi connectivity index (χ4n) is 1.59. The molecule has 0 aromatic carbocycles. The van der Waals surface area contributed by atoms with E-state index in [9.17, 15) is 0 Å². The minimum atomic E-state index is 0.661. The van der Waals surface area contributed by atoms with Crippen LogP contribution in [0.2, 0.25) is 0 Å². The van der Waals surface area contributed by atoms with Gasteiger partial charge in [-0.05, 0) is 24.3 Å². The van der Waals surface area contributed by atoms with Crippen LogP contribution in [0.1, 0.15) is 5.69 Å². The van der Waals surface area contributed by atoms with Crippen LogP contribution in [-0.2, 0) is 6.54 Å². The zero-order chi connectivity index (χ0) is 11.5. The Morgan fingerprint density at radius 2 is 2.06 bits per heavy atom. The summed E-state index contributed by atoms with van der Waals surface area (Å²) in [6, 6.07) is 9.68. The summed E-state index contributed by atoms with van der Waals surface area (Å²) in [6.45, 7) is 0.661. The molecule has 5 heteroatoms. The maximum absolute atomic E-state index is 4.37. The van der Waals surface area contributed by atoms with E-state index in [1.807, 2.05) is 36.5 Å². The third kappa shape index (κ3) is 2.08. The van der Waals surface area contributed by atoms with Gasteiger partial charge in [-0.2, -0.15) is 0 Å². The van der Waals surface area contributed by atoms with Gasteiger partial charge in [0.15, 0.2) is 5.65 Å². The number of nitrogens with zero attached hydrogens (tertiary/aromatic N) is 4. The second kappa shape index (κ2) is 4.21. The van der Waals surface area contributed by atoms with E-state index < -0.39 is 0 Å². The first-order valence-corrected chi connectivity index (χ1v) is 5.36. The Balaban J connectivity index is 1.76. The molecule has 0 fully saturated rings. The second-order valence-electron chi connectivity index (χ2n) is 3.62. The molecule has 3 aromatic heterocycles. The maximum atomic E-state index is 4.37. The lowest BCUT2D eigenvalue weighted by Crippen LogP contribution is -2.04. The number of hydrogen-bond donors (Lipinski definition) is 1. The molecule has 0 aliphatic carbocycles. The minimum absolute atomic E-state index is 0.661. The smallest absolute Gasteiger partial charge is 0.153 e. The molecule has 0 amide bonds. The zero-order valence-electron chi connectivity index (χ0n) is 9.11. The van der Waals surface area contributed by atoms with Crippen LogP contribution in [0.15, 0.2) is 48.9 Å². The van der Waals surface area contributed by atoms with Crippen molar-refractivity contribution in [3.63, 3.8) is 0 Å². The fourth-order valence-corrected chi connectivity index (χ4v) is 1.59. The van der Waals surface area contributed by atoms with Gasteiger partial charge in [-0.15, -0.1) is 5.10 Å². The van der Waals surface area contributed by atoms with Gasteiger partial charge >= 0.3 is 0 Å². The Bertz CT molecular complexity index is 617. The first-order valence-electron chi connectivity index (χ1n) is 5.36. The van der Waals surface area contributed by atoms with Crippen molar-refractivity contribution in [2.75, 3.05) is 5.32 Å². The molecule has 3 heterocycles. The van der Waals surface area contributed by atoms with Crippen molar-refractivity contribution in [1.29, 1.82) is 0 Å². The van der Waals surface area contributed by atoms with Gasteiger partial charge in [0, 0.05) is 18.6 Å². The molecule has 84 valence electrons. The van der Waals surface area contributed by atoms with Gasteiger partial charge in [0.05, 0.1) is 12.2 Å². The monoisotopic (exact) mass is 225 g/mol. The van der Waals surface area contributed by atoms with Crippen LogP contribution >= 0.6 is 0 Å². The van der Waals surface area contributed by atoms with Crippen molar-refractivity contribution in [2.45, 2.75) is 6.54 Å². The van der Waals surface area contributed by atoms with Gasteiger partial charge in [-0.1, -0.05) is 6.07 Å². The standard InChI is InChI=1S/C12H11N5/c1-2-6-13-10(3-1)9-15-11-4-5-12-14-7-8-17(12)16-11/h1-8H,9H2,(H,15,16). The normalized spacial score (nSPS) is 10.6. The lowest BCUT2D eigenvalue weighted by atomic mass is 10.3. The molecule has 0 saturated heterocycles. The summed E-state index contributed by atoms with van der Waals surface area (Å²) in [5, 5.41) is 7.59. The maximum Gasteiger partial charge on any atom is 0.153 e. The van der Waals surface area contributed by atoms with Crippen molar-refractivity contribution in [2.24, 2.45) is 0 Å². The van der Waals surface area contributed by atoms with Crippen molar-refractivity contribution in [3.8, 4) is 0 Å². The molecule has 0 aliphatic heterocycles. The molecule has 0 spiro atoms. The Morgan fingerprint density at radius 1 is 1.06 bits per heavy atom.